The molecular weight excluding hydrogens is 320 g/mol. The second-order valence-corrected chi connectivity index (χ2v) is 11.1. The molecule has 0 amide bonds. The topological polar surface area (TPSA) is 40.5 Å². The van der Waals surface area contributed by atoms with E-state index in [2.05, 4.69) is 27.7 Å². The van der Waals surface area contributed by atoms with E-state index >= 15 is 0 Å². The average Bonchev–Trinajstić information content (AvgIpc) is 2.96. The minimum absolute atomic E-state index is 0.0466. The fraction of sp³-hybridized carbons (Fsp3) is 1.00. The second-order valence-electron chi connectivity index (χ2n) is 11.1. The molecule has 10 atom stereocenters. The Morgan fingerprint density at radius 1 is 0.923 bits per heavy atom. The third kappa shape index (κ3) is 2.57. The summed E-state index contributed by atoms with van der Waals surface area (Å²) in [6, 6.07) is 0. The van der Waals surface area contributed by atoms with Gasteiger partial charge in [-0.2, -0.15) is 0 Å². The van der Waals surface area contributed by atoms with Crippen molar-refractivity contribution in [3.05, 3.63) is 0 Å². The lowest BCUT2D eigenvalue weighted by Crippen LogP contribution is -2.60. The quantitative estimate of drug-likeness (QED) is 0.704. The molecule has 4 rings (SSSR count). The first kappa shape index (κ1) is 19.2. The molecule has 2 nitrogen and oxygen atoms in total. The summed E-state index contributed by atoms with van der Waals surface area (Å²) in [4.78, 5) is 0. The van der Waals surface area contributed by atoms with Gasteiger partial charge >= 0.3 is 0 Å². The summed E-state index contributed by atoms with van der Waals surface area (Å²) in [5.74, 6) is 4.66. The van der Waals surface area contributed by atoms with Crippen LogP contribution in [0.15, 0.2) is 0 Å². The zero-order valence-electron chi connectivity index (χ0n) is 17.6. The third-order valence-corrected chi connectivity index (χ3v) is 10.3. The van der Waals surface area contributed by atoms with E-state index < -0.39 is 12.2 Å². The maximum absolute atomic E-state index is 11.0. The van der Waals surface area contributed by atoms with Gasteiger partial charge in [-0.1, -0.05) is 40.5 Å². The zero-order chi connectivity index (χ0) is 18.7. The molecule has 0 heterocycles. The first-order valence-corrected chi connectivity index (χ1v) is 11.7. The van der Waals surface area contributed by atoms with Crippen LogP contribution in [0, 0.1) is 46.3 Å². The maximum atomic E-state index is 11.0. The zero-order valence-corrected chi connectivity index (χ0v) is 17.6. The van der Waals surface area contributed by atoms with Crippen molar-refractivity contribution < 1.29 is 10.2 Å². The molecule has 0 saturated heterocycles. The van der Waals surface area contributed by atoms with Gasteiger partial charge in [-0.15, -0.1) is 0 Å². The molecule has 0 aromatic rings. The Morgan fingerprint density at radius 2 is 1.65 bits per heavy atom. The van der Waals surface area contributed by atoms with Gasteiger partial charge < -0.3 is 10.2 Å². The molecule has 4 aliphatic rings. The van der Waals surface area contributed by atoms with E-state index in [0.29, 0.717) is 17.3 Å². The Labute approximate surface area is 161 Å². The van der Waals surface area contributed by atoms with E-state index in [4.69, 9.17) is 0 Å². The largest absolute Gasteiger partial charge is 0.390 e. The smallest absolute Gasteiger partial charge is 0.0857 e. The van der Waals surface area contributed by atoms with Crippen molar-refractivity contribution in [3.8, 4) is 0 Å². The molecule has 0 aromatic heterocycles. The van der Waals surface area contributed by atoms with Crippen molar-refractivity contribution in [3.63, 3.8) is 0 Å². The molecule has 150 valence electrons. The molecule has 2 heteroatoms. The molecule has 4 saturated carbocycles. The van der Waals surface area contributed by atoms with Crippen LogP contribution in [0.4, 0.5) is 0 Å². The average molecular weight is 363 g/mol. The van der Waals surface area contributed by atoms with Crippen LogP contribution in [-0.4, -0.2) is 22.4 Å². The predicted molar refractivity (Wildman–Crippen MR) is 107 cm³/mol. The van der Waals surface area contributed by atoms with Crippen LogP contribution in [0.2, 0.25) is 0 Å². The molecule has 0 spiro atoms. The molecule has 0 radical (unpaired) electrons. The van der Waals surface area contributed by atoms with Crippen LogP contribution in [0.25, 0.3) is 0 Å². The van der Waals surface area contributed by atoms with Gasteiger partial charge in [0.2, 0.25) is 0 Å². The highest BCUT2D eigenvalue weighted by Crippen LogP contribution is 2.68. The van der Waals surface area contributed by atoms with Gasteiger partial charge in [-0.3, -0.25) is 0 Å². The number of rotatable bonds is 3. The van der Waals surface area contributed by atoms with E-state index in [1.165, 1.54) is 51.4 Å². The molecule has 0 aliphatic heterocycles. The minimum atomic E-state index is -0.505. The van der Waals surface area contributed by atoms with Crippen molar-refractivity contribution in [2.24, 2.45) is 46.3 Å². The first-order valence-electron chi connectivity index (χ1n) is 11.7. The van der Waals surface area contributed by atoms with Gasteiger partial charge in [0.05, 0.1) is 12.2 Å². The van der Waals surface area contributed by atoms with Crippen molar-refractivity contribution >= 4 is 0 Å². The fourth-order valence-electron chi connectivity index (χ4n) is 8.96. The molecule has 2 N–H and O–H groups in total. The number of fused-ring (bicyclic) bond motifs is 5. The van der Waals surface area contributed by atoms with Gasteiger partial charge in [0.15, 0.2) is 0 Å². The Morgan fingerprint density at radius 3 is 2.38 bits per heavy atom. The Hall–Kier alpha value is -0.0800. The summed E-state index contributed by atoms with van der Waals surface area (Å²) in [6.45, 7) is 9.81. The fourth-order valence-corrected chi connectivity index (χ4v) is 8.96. The van der Waals surface area contributed by atoms with Crippen LogP contribution >= 0.6 is 0 Å². The van der Waals surface area contributed by atoms with E-state index in [1.54, 1.807) is 0 Å². The summed E-state index contributed by atoms with van der Waals surface area (Å²) >= 11 is 0. The van der Waals surface area contributed by atoms with Gasteiger partial charge in [-0.05, 0) is 92.3 Å². The summed E-state index contributed by atoms with van der Waals surface area (Å²) in [7, 11) is 0. The lowest BCUT2D eigenvalue weighted by molar-refractivity contribution is -0.196. The van der Waals surface area contributed by atoms with Crippen molar-refractivity contribution in [1.82, 2.24) is 0 Å². The van der Waals surface area contributed by atoms with Crippen molar-refractivity contribution in [2.45, 2.75) is 104 Å². The van der Waals surface area contributed by atoms with Gasteiger partial charge in [0.25, 0.3) is 0 Å². The van der Waals surface area contributed by atoms with Crippen LogP contribution in [0.1, 0.15) is 91.9 Å². The highest BCUT2D eigenvalue weighted by Gasteiger charge is 2.62. The molecule has 0 bridgehead atoms. The highest BCUT2D eigenvalue weighted by atomic mass is 16.3. The molecule has 4 aliphatic carbocycles. The van der Waals surface area contributed by atoms with E-state index in [9.17, 15) is 10.2 Å². The SMILES string of the molecule is CCC[C@@H](C)[C@H]1CC[C@H]2[C@@H]3CCC4CCC(O)C(O)[C@]4(C)[C@H]3CC[C@]12C. The first-order chi connectivity index (χ1) is 12.3. The van der Waals surface area contributed by atoms with Crippen LogP contribution < -0.4 is 0 Å². The van der Waals surface area contributed by atoms with Crippen LogP contribution in [-0.2, 0) is 0 Å². The number of aliphatic hydroxyl groups excluding tert-OH is 2. The van der Waals surface area contributed by atoms with E-state index in [1.807, 2.05) is 0 Å². The molecule has 26 heavy (non-hydrogen) atoms. The second kappa shape index (κ2) is 6.76. The Kier molecular flexibility index (Phi) is 5.01. The van der Waals surface area contributed by atoms with Gasteiger partial charge in [0.1, 0.15) is 0 Å². The predicted octanol–water partition coefficient (Wildman–Crippen LogP) is 5.41. The lowest BCUT2D eigenvalue weighted by atomic mass is 9.43. The maximum Gasteiger partial charge on any atom is 0.0857 e. The summed E-state index contributed by atoms with van der Waals surface area (Å²) in [5.41, 5.74) is 0.478. The van der Waals surface area contributed by atoms with E-state index in [-0.39, 0.29) is 5.41 Å². The van der Waals surface area contributed by atoms with E-state index in [0.717, 1.165) is 36.5 Å². The standard InChI is InChI=1S/C24H42O2/c1-5-6-15(2)18-10-11-19-17-9-7-16-8-12-21(25)22(26)24(16,4)20(17)13-14-23(18,19)3/h15-22,25-26H,5-14H2,1-4H3/t15-,16?,17+,18-,19+,20+,21?,22?,23-,24+/m1/s1. The van der Waals surface area contributed by atoms with Crippen LogP contribution in [0.5, 0.6) is 0 Å². The van der Waals surface area contributed by atoms with Gasteiger partial charge in [0, 0.05) is 5.41 Å². The summed E-state index contributed by atoms with van der Waals surface area (Å²) < 4.78 is 0. The Balaban J connectivity index is 1.60. The monoisotopic (exact) mass is 362 g/mol. The highest BCUT2D eigenvalue weighted by molar-refractivity contribution is 5.11. The van der Waals surface area contributed by atoms with Crippen molar-refractivity contribution in [2.75, 3.05) is 0 Å². The summed E-state index contributed by atoms with van der Waals surface area (Å²) in [5, 5.41) is 21.5. The molecule has 0 aromatic carbocycles. The number of hydrogen-bond acceptors (Lipinski definition) is 2. The third-order valence-electron chi connectivity index (χ3n) is 10.3. The number of aliphatic hydroxyl groups is 2. The normalized spacial score (nSPS) is 54.9. The molecule has 3 unspecified atom stereocenters. The summed E-state index contributed by atoms with van der Waals surface area (Å²) in [6.07, 6.45) is 11.7. The van der Waals surface area contributed by atoms with Crippen LogP contribution in [0.3, 0.4) is 0 Å². The minimum Gasteiger partial charge on any atom is -0.390 e. The van der Waals surface area contributed by atoms with Gasteiger partial charge in [-0.25, -0.2) is 0 Å². The molecular formula is C24H42O2. The van der Waals surface area contributed by atoms with Crippen molar-refractivity contribution in [1.29, 1.82) is 0 Å². The number of hydrogen-bond donors (Lipinski definition) is 2. The Bertz CT molecular complexity index is 514. The molecule has 4 fully saturated rings. The lowest BCUT2D eigenvalue weighted by Gasteiger charge is -2.62.